The summed E-state index contributed by atoms with van der Waals surface area (Å²) < 4.78 is 18.9. The van der Waals surface area contributed by atoms with Gasteiger partial charge >= 0.3 is 0 Å². The van der Waals surface area contributed by atoms with E-state index in [0.717, 1.165) is 17.7 Å². The molecule has 0 saturated heterocycles. The molecule has 2 aromatic carbocycles. The van der Waals surface area contributed by atoms with Crippen molar-refractivity contribution in [2.24, 2.45) is 0 Å². The number of ether oxygens (including phenoxy) is 1. The summed E-state index contributed by atoms with van der Waals surface area (Å²) in [5.74, 6) is 0.824. The molecule has 0 unspecified atom stereocenters. The normalized spacial score (nSPS) is 10.4. The summed E-state index contributed by atoms with van der Waals surface area (Å²) in [6.45, 7) is 0.976. The van der Waals surface area contributed by atoms with Crippen molar-refractivity contribution in [3.63, 3.8) is 0 Å². The van der Waals surface area contributed by atoms with E-state index < -0.39 is 0 Å². The van der Waals surface area contributed by atoms with Gasteiger partial charge in [-0.3, -0.25) is 4.79 Å². The Morgan fingerprint density at radius 1 is 0.966 bits per heavy atom. The van der Waals surface area contributed by atoms with Gasteiger partial charge in [-0.25, -0.2) is 14.4 Å². The third kappa shape index (κ3) is 5.75. The molecule has 7 heteroatoms. The second-order valence-electron chi connectivity index (χ2n) is 6.37. The Bertz CT molecular complexity index is 948. The van der Waals surface area contributed by atoms with Crippen molar-refractivity contribution in [1.29, 1.82) is 0 Å². The second kappa shape index (κ2) is 10.2. The van der Waals surface area contributed by atoms with Crippen LogP contribution in [-0.2, 0) is 12.8 Å². The Balaban J connectivity index is 1.45. The highest BCUT2D eigenvalue weighted by atomic mass is 19.1. The molecule has 0 atom stereocenters. The average Bonchev–Trinajstić information content (AvgIpc) is 2.76. The highest BCUT2D eigenvalue weighted by Crippen LogP contribution is 2.17. The molecule has 1 heterocycles. The fourth-order valence-corrected chi connectivity index (χ4v) is 2.87. The number of nitrogens with zero attached hydrogens (tertiary/aromatic N) is 2. The van der Waals surface area contributed by atoms with Gasteiger partial charge in [0.05, 0.1) is 19.5 Å². The van der Waals surface area contributed by atoms with Crippen LogP contribution in [0.4, 0.5) is 10.2 Å². The smallest absolute Gasteiger partial charge is 0.271 e. The van der Waals surface area contributed by atoms with Gasteiger partial charge in [0.2, 0.25) is 0 Å². The number of halogens is 1. The molecule has 0 fully saturated rings. The maximum Gasteiger partial charge on any atom is 0.271 e. The van der Waals surface area contributed by atoms with Crippen LogP contribution in [-0.4, -0.2) is 36.1 Å². The lowest BCUT2D eigenvalue weighted by molar-refractivity contribution is 0.0948. The molecular formula is C22H23FN4O2. The first kappa shape index (κ1) is 20.3. The molecule has 1 aromatic heterocycles. The second-order valence-corrected chi connectivity index (χ2v) is 6.37. The topological polar surface area (TPSA) is 76.1 Å². The predicted molar refractivity (Wildman–Crippen MR) is 110 cm³/mol. The van der Waals surface area contributed by atoms with Gasteiger partial charge in [0.1, 0.15) is 23.1 Å². The van der Waals surface area contributed by atoms with E-state index in [1.165, 1.54) is 18.5 Å². The molecule has 0 aliphatic heterocycles. The van der Waals surface area contributed by atoms with Gasteiger partial charge in [0, 0.05) is 13.1 Å². The molecule has 0 saturated carbocycles. The predicted octanol–water partition coefficient (Wildman–Crippen LogP) is 3.25. The first-order chi connectivity index (χ1) is 14.2. The number of carbonyl (C=O) groups is 1. The van der Waals surface area contributed by atoms with E-state index in [2.05, 4.69) is 20.6 Å². The van der Waals surface area contributed by atoms with Crippen molar-refractivity contribution < 1.29 is 13.9 Å². The summed E-state index contributed by atoms with van der Waals surface area (Å²) in [4.78, 5) is 20.5. The zero-order valence-electron chi connectivity index (χ0n) is 16.2. The Labute approximate surface area is 169 Å². The van der Waals surface area contributed by atoms with Crippen LogP contribution in [0.25, 0.3) is 0 Å². The van der Waals surface area contributed by atoms with E-state index in [0.29, 0.717) is 30.9 Å². The van der Waals surface area contributed by atoms with Crippen LogP contribution < -0.4 is 15.4 Å². The minimum atomic E-state index is -0.339. The lowest BCUT2D eigenvalue weighted by Crippen LogP contribution is -2.27. The van der Waals surface area contributed by atoms with Crippen LogP contribution in [0, 0.1) is 5.82 Å². The molecule has 3 rings (SSSR count). The van der Waals surface area contributed by atoms with E-state index in [1.807, 2.05) is 24.3 Å². The van der Waals surface area contributed by atoms with Gasteiger partial charge in [-0.15, -0.1) is 0 Å². The molecule has 2 N–H and O–H groups in total. The van der Waals surface area contributed by atoms with Crippen LogP contribution in [0.3, 0.4) is 0 Å². The van der Waals surface area contributed by atoms with Gasteiger partial charge in [0.15, 0.2) is 0 Å². The number of benzene rings is 2. The van der Waals surface area contributed by atoms with Gasteiger partial charge in [-0.05, 0) is 36.1 Å². The molecule has 1 amide bonds. The number of anilines is 1. The Kier molecular flexibility index (Phi) is 7.10. The van der Waals surface area contributed by atoms with Crippen molar-refractivity contribution >= 4 is 11.7 Å². The lowest BCUT2D eigenvalue weighted by atomic mass is 10.1. The summed E-state index contributed by atoms with van der Waals surface area (Å²) in [7, 11) is 1.65. The van der Waals surface area contributed by atoms with Crippen LogP contribution in [0.5, 0.6) is 5.75 Å². The number of rotatable bonds is 9. The van der Waals surface area contributed by atoms with E-state index in [-0.39, 0.29) is 17.4 Å². The number of para-hydroxylation sites is 1. The molecule has 0 spiro atoms. The monoisotopic (exact) mass is 394 g/mol. The van der Waals surface area contributed by atoms with Gasteiger partial charge in [-0.1, -0.05) is 36.4 Å². The lowest BCUT2D eigenvalue weighted by Gasteiger charge is -2.09. The van der Waals surface area contributed by atoms with Crippen LogP contribution >= 0.6 is 0 Å². The zero-order valence-corrected chi connectivity index (χ0v) is 16.2. The number of hydrogen-bond acceptors (Lipinski definition) is 5. The molecule has 6 nitrogen and oxygen atoms in total. The van der Waals surface area contributed by atoms with Crippen molar-refractivity contribution in [3.8, 4) is 5.75 Å². The van der Waals surface area contributed by atoms with Gasteiger partial charge in [-0.2, -0.15) is 0 Å². The van der Waals surface area contributed by atoms with E-state index in [4.69, 9.17) is 4.74 Å². The van der Waals surface area contributed by atoms with Crippen LogP contribution in [0.1, 0.15) is 21.6 Å². The molecule has 0 aliphatic carbocycles. The quantitative estimate of drug-likeness (QED) is 0.583. The standard InChI is InChI=1S/C22H23FN4O2/c1-29-20-9-5-3-7-17(20)11-12-24-21-15-26-19(14-27-21)22(28)25-13-10-16-6-2-4-8-18(16)23/h2-9,14-15H,10-13H2,1H3,(H,24,27)(H,25,28). The van der Waals surface area contributed by atoms with Crippen molar-refractivity contribution in [2.75, 3.05) is 25.5 Å². The Morgan fingerprint density at radius 2 is 1.69 bits per heavy atom. The first-order valence-corrected chi connectivity index (χ1v) is 9.37. The molecule has 3 aromatic rings. The largest absolute Gasteiger partial charge is 0.496 e. The molecular weight excluding hydrogens is 371 g/mol. The van der Waals surface area contributed by atoms with E-state index >= 15 is 0 Å². The fraction of sp³-hybridized carbons (Fsp3) is 0.227. The Morgan fingerprint density at radius 3 is 2.41 bits per heavy atom. The average molecular weight is 394 g/mol. The summed E-state index contributed by atoms with van der Waals surface area (Å²) in [6, 6.07) is 14.4. The fourth-order valence-electron chi connectivity index (χ4n) is 2.87. The van der Waals surface area contributed by atoms with Crippen molar-refractivity contribution in [1.82, 2.24) is 15.3 Å². The molecule has 150 valence electrons. The highest BCUT2D eigenvalue weighted by Gasteiger charge is 2.09. The van der Waals surface area contributed by atoms with Crippen molar-refractivity contribution in [3.05, 3.63) is 83.6 Å². The van der Waals surface area contributed by atoms with Gasteiger partial charge in [0.25, 0.3) is 5.91 Å². The summed E-state index contributed by atoms with van der Waals surface area (Å²) in [5, 5.41) is 5.91. The summed E-state index contributed by atoms with van der Waals surface area (Å²) in [5.41, 5.74) is 1.88. The van der Waals surface area contributed by atoms with Crippen molar-refractivity contribution in [2.45, 2.75) is 12.8 Å². The van der Waals surface area contributed by atoms with E-state index in [1.54, 1.807) is 25.3 Å². The minimum absolute atomic E-state index is 0.216. The highest BCUT2D eigenvalue weighted by molar-refractivity contribution is 5.91. The SMILES string of the molecule is COc1ccccc1CCNc1cnc(C(=O)NCCc2ccccc2F)cn1. The third-order valence-corrected chi connectivity index (χ3v) is 4.42. The van der Waals surface area contributed by atoms with E-state index in [9.17, 15) is 9.18 Å². The number of nitrogens with one attached hydrogen (secondary N) is 2. The third-order valence-electron chi connectivity index (χ3n) is 4.42. The first-order valence-electron chi connectivity index (χ1n) is 9.37. The van der Waals surface area contributed by atoms with Crippen LogP contribution in [0.2, 0.25) is 0 Å². The maximum absolute atomic E-state index is 13.6. The van der Waals surface area contributed by atoms with Crippen LogP contribution in [0.15, 0.2) is 60.9 Å². The number of aromatic nitrogens is 2. The summed E-state index contributed by atoms with van der Waals surface area (Å²) >= 11 is 0. The zero-order chi connectivity index (χ0) is 20.5. The maximum atomic E-state index is 13.6. The number of amides is 1. The molecule has 29 heavy (non-hydrogen) atoms. The molecule has 0 radical (unpaired) electrons. The molecule has 0 bridgehead atoms. The summed E-state index contributed by atoms with van der Waals surface area (Å²) in [6.07, 6.45) is 4.12. The molecule has 0 aliphatic rings. The number of carbonyl (C=O) groups excluding carboxylic acids is 1. The minimum Gasteiger partial charge on any atom is -0.496 e. The Hall–Kier alpha value is -3.48. The number of methoxy groups -OCH3 is 1. The number of hydrogen-bond donors (Lipinski definition) is 2. The van der Waals surface area contributed by atoms with Gasteiger partial charge < -0.3 is 15.4 Å².